The molecule has 0 aromatic carbocycles. The van der Waals surface area contributed by atoms with Crippen molar-refractivity contribution in [2.24, 2.45) is 0 Å². The minimum Gasteiger partial charge on any atom is -0.339 e. The molecule has 0 spiro atoms. The Kier molecular flexibility index (Phi) is 4.62. The fourth-order valence-corrected chi connectivity index (χ4v) is 2.77. The Balaban J connectivity index is 1.46. The van der Waals surface area contributed by atoms with Gasteiger partial charge in [-0.1, -0.05) is 0 Å². The molecule has 7 nitrogen and oxygen atoms in total. The van der Waals surface area contributed by atoms with E-state index in [1.165, 1.54) is 0 Å². The van der Waals surface area contributed by atoms with Crippen molar-refractivity contribution in [1.29, 1.82) is 0 Å². The number of aromatic nitrogens is 2. The van der Waals surface area contributed by atoms with E-state index in [0.29, 0.717) is 6.54 Å². The van der Waals surface area contributed by atoms with Crippen molar-refractivity contribution in [3.05, 3.63) is 18.5 Å². The highest BCUT2D eigenvalue weighted by Gasteiger charge is 2.23. The first-order chi connectivity index (χ1) is 10.3. The number of amides is 1. The van der Waals surface area contributed by atoms with E-state index in [1.54, 1.807) is 12.4 Å². The molecule has 0 atom stereocenters. The van der Waals surface area contributed by atoms with Gasteiger partial charge < -0.3 is 15.1 Å². The Hall–Kier alpha value is -1.73. The molecule has 1 N–H and O–H groups in total. The second-order valence-electron chi connectivity index (χ2n) is 5.44. The molecule has 114 valence electrons. The van der Waals surface area contributed by atoms with Gasteiger partial charge in [0.2, 0.25) is 11.9 Å². The average Bonchev–Trinajstić information content (AvgIpc) is 2.57. The molecule has 3 heterocycles. The lowest BCUT2D eigenvalue weighted by molar-refractivity contribution is -0.133. The summed E-state index contributed by atoms with van der Waals surface area (Å²) < 4.78 is 0. The van der Waals surface area contributed by atoms with E-state index in [1.807, 2.05) is 11.0 Å². The standard InChI is InChI=1S/C14H22N6O/c21-13(19-6-4-15-5-7-19)12-18-8-10-20(11-9-18)14-16-2-1-3-17-14/h1-3,15H,4-12H2. The zero-order chi connectivity index (χ0) is 14.5. The van der Waals surface area contributed by atoms with E-state index in [0.717, 1.165) is 58.3 Å². The maximum Gasteiger partial charge on any atom is 0.236 e. The molecule has 1 amide bonds. The summed E-state index contributed by atoms with van der Waals surface area (Å²) in [7, 11) is 0. The van der Waals surface area contributed by atoms with Crippen molar-refractivity contribution in [2.45, 2.75) is 0 Å². The maximum absolute atomic E-state index is 12.2. The van der Waals surface area contributed by atoms with Gasteiger partial charge in [0.25, 0.3) is 0 Å². The first kappa shape index (κ1) is 14.2. The van der Waals surface area contributed by atoms with Crippen molar-refractivity contribution >= 4 is 11.9 Å². The molecule has 7 heteroatoms. The molecule has 1 aromatic heterocycles. The van der Waals surface area contributed by atoms with Crippen LogP contribution in [-0.4, -0.2) is 84.6 Å². The van der Waals surface area contributed by atoms with E-state index in [4.69, 9.17) is 0 Å². The largest absolute Gasteiger partial charge is 0.339 e. The normalized spacial score (nSPS) is 20.6. The van der Waals surface area contributed by atoms with Crippen LogP contribution in [0.1, 0.15) is 0 Å². The predicted octanol–water partition coefficient (Wildman–Crippen LogP) is -0.970. The van der Waals surface area contributed by atoms with Gasteiger partial charge in [0.1, 0.15) is 0 Å². The van der Waals surface area contributed by atoms with Gasteiger partial charge in [-0.15, -0.1) is 0 Å². The fraction of sp³-hybridized carbons (Fsp3) is 0.643. The quantitative estimate of drug-likeness (QED) is 0.773. The van der Waals surface area contributed by atoms with E-state index in [9.17, 15) is 4.79 Å². The first-order valence-electron chi connectivity index (χ1n) is 7.56. The van der Waals surface area contributed by atoms with Gasteiger partial charge in [-0.3, -0.25) is 9.69 Å². The van der Waals surface area contributed by atoms with Gasteiger partial charge in [0.05, 0.1) is 6.54 Å². The molecular weight excluding hydrogens is 268 g/mol. The summed E-state index contributed by atoms with van der Waals surface area (Å²) >= 11 is 0. The average molecular weight is 290 g/mol. The molecule has 0 aliphatic carbocycles. The molecule has 0 saturated carbocycles. The molecule has 3 rings (SSSR count). The highest BCUT2D eigenvalue weighted by Crippen LogP contribution is 2.09. The lowest BCUT2D eigenvalue weighted by Gasteiger charge is -2.36. The summed E-state index contributed by atoms with van der Waals surface area (Å²) in [5, 5.41) is 3.27. The second-order valence-corrected chi connectivity index (χ2v) is 5.44. The number of hydrogen-bond donors (Lipinski definition) is 1. The SMILES string of the molecule is O=C(CN1CCN(c2ncccn2)CC1)N1CCNCC1. The third-order valence-corrected chi connectivity index (χ3v) is 4.04. The Bertz CT molecular complexity index is 454. The van der Waals surface area contributed by atoms with E-state index in [-0.39, 0.29) is 5.91 Å². The zero-order valence-corrected chi connectivity index (χ0v) is 12.2. The molecule has 0 unspecified atom stereocenters. The molecule has 2 aliphatic rings. The predicted molar refractivity (Wildman–Crippen MR) is 80.1 cm³/mol. The fourth-order valence-electron chi connectivity index (χ4n) is 2.77. The molecular formula is C14H22N6O. The highest BCUT2D eigenvalue weighted by atomic mass is 16.2. The third-order valence-electron chi connectivity index (χ3n) is 4.04. The summed E-state index contributed by atoms with van der Waals surface area (Å²) in [4.78, 5) is 27.1. The molecule has 1 aromatic rings. The summed E-state index contributed by atoms with van der Waals surface area (Å²) in [5.41, 5.74) is 0. The first-order valence-corrected chi connectivity index (χ1v) is 7.56. The van der Waals surface area contributed by atoms with Gasteiger partial charge in [0, 0.05) is 64.8 Å². The molecule has 0 bridgehead atoms. The van der Waals surface area contributed by atoms with Crippen LogP contribution in [-0.2, 0) is 4.79 Å². The highest BCUT2D eigenvalue weighted by molar-refractivity contribution is 5.78. The smallest absolute Gasteiger partial charge is 0.236 e. The number of rotatable bonds is 3. The Morgan fingerprint density at radius 3 is 2.38 bits per heavy atom. The van der Waals surface area contributed by atoms with Crippen LogP contribution >= 0.6 is 0 Å². The number of hydrogen-bond acceptors (Lipinski definition) is 6. The number of carbonyl (C=O) groups excluding carboxylic acids is 1. The van der Waals surface area contributed by atoms with Gasteiger partial charge in [-0.25, -0.2) is 9.97 Å². The van der Waals surface area contributed by atoms with Crippen LogP contribution in [0.25, 0.3) is 0 Å². The number of nitrogens with one attached hydrogen (secondary N) is 1. The summed E-state index contributed by atoms with van der Waals surface area (Å²) in [6.45, 7) is 7.52. The molecule has 2 fully saturated rings. The van der Waals surface area contributed by atoms with Crippen LogP contribution in [0.4, 0.5) is 5.95 Å². The lowest BCUT2D eigenvalue weighted by Crippen LogP contribution is -2.53. The van der Waals surface area contributed by atoms with Crippen molar-refractivity contribution in [1.82, 2.24) is 25.1 Å². The minimum absolute atomic E-state index is 0.251. The van der Waals surface area contributed by atoms with Crippen LogP contribution < -0.4 is 10.2 Å². The lowest BCUT2D eigenvalue weighted by atomic mass is 10.3. The molecule has 21 heavy (non-hydrogen) atoms. The summed E-state index contributed by atoms with van der Waals surface area (Å²) in [6.07, 6.45) is 3.53. The Labute approximate surface area is 124 Å². The number of anilines is 1. The van der Waals surface area contributed by atoms with Crippen LogP contribution in [0.15, 0.2) is 18.5 Å². The number of nitrogens with zero attached hydrogens (tertiary/aromatic N) is 5. The van der Waals surface area contributed by atoms with E-state index >= 15 is 0 Å². The van der Waals surface area contributed by atoms with Crippen LogP contribution in [0, 0.1) is 0 Å². The van der Waals surface area contributed by atoms with E-state index in [2.05, 4.69) is 25.1 Å². The third kappa shape index (κ3) is 3.68. The van der Waals surface area contributed by atoms with Crippen LogP contribution in [0.2, 0.25) is 0 Å². The van der Waals surface area contributed by atoms with Crippen molar-refractivity contribution in [2.75, 3.05) is 63.8 Å². The van der Waals surface area contributed by atoms with Crippen molar-refractivity contribution < 1.29 is 4.79 Å². The monoisotopic (exact) mass is 290 g/mol. The van der Waals surface area contributed by atoms with Crippen LogP contribution in [0.5, 0.6) is 0 Å². The van der Waals surface area contributed by atoms with Crippen molar-refractivity contribution in [3.8, 4) is 0 Å². The van der Waals surface area contributed by atoms with E-state index < -0.39 is 0 Å². The minimum atomic E-state index is 0.251. The van der Waals surface area contributed by atoms with Gasteiger partial charge >= 0.3 is 0 Å². The maximum atomic E-state index is 12.2. The molecule has 2 saturated heterocycles. The van der Waals surface area contributed by atoms with Gasteiger partial charge in [-0.05, 0) is 6.07 Å². The Morgan fingerprint density at radius 1 is 1.05 bits per heavy atom. The topological polar surface area (TPSA) is 64.6 Å². The van der Waals surface area contributed by atoms with Crippen molar-refractivity contribution in [3.63, 3.8) is 0 Å². The molecule has 2 aliphatic heterocycles. The zero-order valence-electron chi connectivity index (χ0n) is 12.2. The molecule has 0 radical (unpaired) electrons. The number of carbonyl (C=O) groups is 1. The summed E-state index contributed by atoms with van der Waals surface area (Å²) in [5.74, 6) is 1.03. The number of piperazine rings is 2. The second kappa shape index (κ2) is 6.82. The van der Waals surface area contributed by atoms with Crippen LogP contribution in [0.3, 0.4) is 0 Å². The Morgan fingerprint density at radius 2 is 1.71 bits per heavy atom. The van der Waals surface area contributed by atoms with Gasteiger partial charge in [0.15, 0.2) is 0 Å². The van der Waals surface area contributed by atoms with Gasteiger partial charge in [-0.2, -0.15) is 0 Å². The summed E-state index contributed by atoms with van der Waals surface area (Å²) in [6, 6.07) is 1.83.